The van der Waals surface area contributed by atoms with Gasteiger partial charge in [0.1, 0.15) is 5.75 Å². The summed E-state index contributed by atoms with van der Waals surface area (Å²) >= 11 is 3.08. The Bertz CT molecular complexity index is 463. The Morgan fingerprint density at radius 1 is 1.47 bits per heavy atom. The Balaban J connectivity index is 3.10. The van der Waals surface area contributed by atoms with Crippen LogP contribution in [0, 0.1) is 0 Å². The van der Waals surface area contributed by atoms with Gasteiger partial charge in [0.15, 0.2) is 0 Å². The number of ether oxygens (including phenoxy) is 1. The van der Waals surface area contributed by atoms with E-state index in [1.165, 1.54) is 19.2 Å². The first-order valence-corrected chi connectivity index (χ1v) is 6.41. The molecule has 1 aromatic rings. The largest absolute Gasteiger partial charge is 0.497 e. The van der Waals surface area contributed by atoms with E-state index in [2.05, 4.69) is 21.2 Å². The maximum atomic E-state index is 12.9. The molecular weight excluding hydrogens is 327 g/mol. The van der Waals surface area contributed by atoms with Gasteiger partial charge in [0.05, 0.1) is 23.2 Å². The zero-order valence-corrected chi connectivity index (χ0v) is 11.9. The first-order chi connectivity index (χ1) is 8.79. The SMILES string of the molecule is CCC(Br)C(=O)Nc1ccc(OC)cc1C(F)(F)F. The van der Waals surface area contributed by atoms with Crippen LogP contribution in [0.25, 0.3) is 0 Å². The zero-order chi connectivity index (χ0) is 14.6. The molecule has 0 aromatic heterocycles. The molecule has 106 valence electrons. The van der Waals surface area contributed by atoms with Crippen LogP contribution in [0.3, 0.4) is 0 Å². The maximum absolute atomic E-state index is 12.9. The minimum Gasteiger partial charge on any atom is -0.497 e. The highest BCUT2D eigenvalue weighted by Crippen LogP contribution is 2.37. The van der Waals surface area contributed by atoms with Gasteiger partial charge in [-0.25, -0.2) is 0 Å². The molecule has 1 aromatic carbocycles. The molecule has 19 heavy (non-hydrogen) atoms. The van der Waals surface area contributed by atoms with Crippen LogP contribution in [0.5, 0.6) is 5.75 Å². The third-order valence-corrected chi connectivity index (χ3v) is 3.50. The minimum atomic E-state index is -4.56. The highest BCUT2D eigenvalue weighted by Gasteiger charge is 2.34. The van der Waals surface area contributed by atoms with E-state index in [9.17, 15) is 18.0 Å². The van der Waals surface area contributed by atoms with E-state index in [1.54, 1.807) is 6.92 Å². The van der Waals surface area contributed by atoms with Gasteiger partial charge in [-0.05, 0) is 24.6 Å². The summed E-state index contributed by atoms with van der Waals surface area (Å²) in [5, 5.41) is 2.26. The number of carbonyl (C=O) groups excluding carboxylic acids is 1. The van der Waals surface area contributed by atoms with Crippen LogP contribution in [0.1, 0.15) is 18.9 Å². The summed E-state index contributed by atoms with van der Waals surface area (Å²) in [5.74, 6) is -0.436. The number of nitrogens with one attached hydrogen (secondary N) is 1. The fourth-order valence-electron chi connectivity index (χ4n) is 1.39. The molecule has 3 nitrogen and oxygen atoms in total. The number of hydrogen-bond donors (Lipinski definition) is 1. The summed E-state index contributed by atoms with van der Waals surface area (Å²) in [6, 6.07) is 3.39. The lowest BCUT2D eigenvalue weighted by Gasteiger charge is -2.16. The number of amides is 1. The first kappa shape index (κ1) is 15.8. The van der Waals surface area contributed by atoms with E-state index in [0.29, 0.717) is 6.42 Å². The third-order valence-electron chi connectivity index (χ3n) is 2.43. The van der Waals surface area contributed by atoms with Crippen LogP contribution in [0.2, 0.25) is 0 Å². The Hall–Kier alpha value is -1.24. The molecule has 1 rings (SSSR count). The smallest absolute Gasteiger partial charge is 0.418 e. The molecule has 0 spiro atoms. The summed E-state index contributed by atoms with van der Waals surface area (Å²) in [7, 11) is 1.28. The fraction of sp³-hybridized carbons (Fsp3) is 0.417. The molecule has 1 amide bonds. The summed E-state index contributed by atoms with van der Waals surface area (Å²) in [6.45, 7) is 1.75. The van der Waals surface area contributed by atoms with Crippen molar-refractivity contribution in [2.24, 2.45) is 0 Å². The lowest BCUT2D eigenvalue weighted by Crippen LogP contribution is -2.24. The van der Waals surface area contributed by atoms with Gasteiger partial charge in [-0.1, -0.05) is 22.9 Å². The number of benzene rings is 1. The first-order valence-electron chi connectivity index (χ1n) is 5.49. The highest BCUT2D eigenvalue weighted by atomic mass is 79.9. The highest BCUT2D eigenvalue weighted by molar-refractivity contribution is 9.10. The Kier molecular flexibility index (Phi) is 5.22. The molecule has 1 unspecified atom stereocenters. The van der Waals surface area contributed by atoms with Crippen molar-refractivity contribution >= 4 is 27.5 Å². The number of anilines is 1. The summed E-state index contributed by atoms with van der Waals surface area (Å²) < 4.78 is 43.4. The van der Waals surface area contributed by atoms with Gasteiger partial charge in [-0.2, -0.15) is 13.2 Å². The fourth-order valence-corrected chi connectivity index (χ4v) is 1.50. The molecule has 1 N–H and O–H groups in total. The Labute approximate surface area is 117 Å². The average molecular weight is 340 g/mol. The molecule has 0 saturated carbocycles. The van der Waals surface area contributed by atoms with Crippen molar-refractivity contribution in [1.82, 2.24) is 0 Å². The van der Waals surface area contributed by atoms with Crippen molar-refractivity contribution in [3.63, 3.8) is 0 Å². The quantitative estimate of drug-likeness (QED) is 0.846. The average Bonchev–Trinajstić information content (AvgIpc) is 2.36. The summed E-state index contributed by atoms with van der Waals surface area (Å²) in [6.07, 6.45) is -4.09. The second kappa shape index (κ2) is 6.27. The molecule has 0 aliphatic heterocycles. The van der Waals surface area contributed by atoms with E-state index in [1.807, 2.05) is 0 Å². The summed E-state index contributed by atoms with van der Waals surface area (Å²) in [5.41, 5.74) is -1.22. The number of carbonyl (C=O) groups is 1. The molecule has 0 aliphatic rings. The predicted octanol–water partition coefficient (Wildman–Crippen LogP) is 3.83. The van der Waals surface area contributed by atoms with Gasteiger partial charge in [0.25, 0.3) is 0 Å². The second-order valence-electron chi connectivity index (χ2n) is 3.77. The lowest BCUT2D eigenvalue weighted by molar-refractivity contribution is -0.137. The topological polar surface area (TPSA) is 38.3 Å². The van der Waals surface area contributed by atoms with Crippen LogP contribution in [-0.4, -0.2) is 17.8 Å². The van der Waals surface area contributed by atoms with Crippen molar-refractivity contribution in [1.29, 1.82) is 0 Å². The second-order valence-corrected chi connectivity index (χ2v) is 4.88. The number of halogens is 4. The van der Waals surface area contributed by atoms with Crippen LogP contribution < -0.4 is 10.1 Å². The van der Waals surface area contributed by atoms with Gasteiger partial charge >= 0.3 is 6.18 Å². The molecule has 0 bridgehead atoms. The predicted molar refractivity (Wildman–Crippen MR) is 69.6 cm³/mol. The molecule has 0 aliphatic carbocycles. The van der Waals surface area contributed by atoms with Gasteiger partial charge in [-0.3, -0.25) is 4.79 Å². The van der Waals surface area contributed by atoms with Crippen molar-refractivity contribution < 1.29 is 22.7 Å². The third kappa shape index (κ3) is 4.12. The van der Waals surface area contributed by atoms with E-state index in [-0.39, 0.29) is 11.4 Å². The Morgan fingerprint density at radius 3 is 2.58 bits per heavy atom. The van der Waals surface area contributed by atoms with Crippen LogP contribution in [0.15, 0.2) is 18.2 Å². The monoisotopic (exact) mass is 339 g/mol. The molecule has 0 heterocycles. The molecule has 0 fully saturated rings. The van der Waals surface area contributed by atoms with E-state index < -0.39 is 22.5 Å². The number of hydrogen-bond acceptors (Lipinski definition) is 2. The Morgan fingerprint density at radius 2 is 2.11 bits per heavy atom. The normalized spacial score (nSPS) is 12.9. The summed E-state index contributed by atoms with van der Waals surface area (Å²) in [4.78, 5) is 11.1. The van der Waals surface area contributed by atoms with Crippen LogP contribution >= 0.6 is 15.9 Å². The molecule has 0 radical (unpaired) electrons. The molecule has 0 saturated heterocycles. The molecular formula is C12H13BrF3NO2. The molecule has 7 heteroatoms. The van der Waals surface area contributed by atoms with E-state index in [4.69, 9.17) is 4.74 Å². The van der Waals surface area contributed by atoms with Crippen molar-refractivity contribution in [3.05, 3.63) is 23.8 Å². The molecule has 1 atom stereocenters. The lowest BCUT2D eigenvalue weighted by atomic mass is 10.1. The minimum absolute atomic E-state index is 0.0798. The van der Waals surface area contributed by atoms with Crippen LogP contribution in [-0.2, 0) is 11.0 Å². The van der Waals surface area contributed by atoms with Gasteiger partial charge in [0.2, 0.25) is 5.91 Å². The van der Waals surface area contributed by atoms with Gasteiger partial charge in [-0.15, -0.1) is 0 Å². The van der Waals surface area contributed by atoms with Gasteiger partial charge in [0, 0.05) is 0 Å². The number of rotatable bonds is 4. The van der Waals surface area contributed by atoms with Crippen molar-refractivity contribution in [3.8, 4) is 5.75 Å². The zero-order valence-electron chi connectivity index (χ0n) is 10.3. The van der Waals surface area contributed by atoms with Crippen molar-refractivity contribution in [2.75, 3.05) is 12.4 Å². The maximum Gasteiger partial charge on any atom is 0.418 e. The van der Waals surface area contributed by atoms with Crippen molar-refractivity contribution in [2.45, 2.75) is 24.3 Å². The van der Waals surface area contributed by atoms with Crippen LogP contribution in [0.4, 0.5) is 18.9 Å². The van der Waals surface area contributed by atoms with E-state index >= 15 is 0 Å². The number of alkyl halides is 4. The standard InChI is InChI=1S/C12H13BrF3NO2/c1-3-9(13)11(18)17-10-5-4-7(19-2)6-8(10)12(14,15)16/h4-6,9H,3H2,1-2H3,(H,17,18). The van der Waals surface area contributed by atoms with Gasteiger partial charge < -0.3 is 10.1 Å². The van der Waals surface area contributed by atoms with E-state index in [0.717, 1.165) is 6.07 Å². The number of methoxy groups -OCH3 is 1.